The predicted octanol–water partition coefficient (Wildman–Crippen LogP) is 3.85. The highest BCUT2D eigenvalue weighted by atomic mass is 16.5. The Labute approximate surface area is 187 Å². The highest BCUT2D eigenvalue weighted by Crippen LogP contribution is 2.22. The number of benzene rings is 3. The van der Waals surface area contributed by atoms with Gasteiger partial charge in [0.1, 0.15) is 11.5 Å². The summed E-state index contributed by atoms with van der Waals surface area (Å²) >= 11 is 0. The molecule has 0 aromatic heterocycles. The monoisotopic (exact) mass is 431 g/mol. The first-order chi connectivity index (χ1) is 15.5. The summed E-state index contributed by atoms with van der Waals surface area (Å²) in [4.78, 5) is 23.9. The molecule has 7 nitrogen and oxygen atoms in total. The number of carbonyl (C=O) groups excluding carboxylic acids is 2. The molecule has 32 heavy (non-hydrogen) atoms. The van der Waals surface area contributed by atoms with Crippen molar-refractivity contribution in [3.63, 3.8) is 0 Å². The van der Waals surface area contributed by atoms with Crippen LogP contribution in [0.3, 0.4) is 0 Å². The van der Waals surface area contributed by atoms with E-state index in [0.29, 0.717) is 17.2 Å². The molecular weight excluding hydrogens is 406 g/mol. The Bertz CT molecular complexity index is 1060. The van der Waals surface area contributed by atoms with E-state index in [1.54, 1.807) is 36.4 Å². The Hall–Kier alpha value is -4.13. The summed E-state index contributed by atoms with van der Waals surface area (Å²) in [5.41, 5.74) is 5.87. The van der Waals surface area contributed by atoms with Crippen molar-refractivity contribution >= 4 is 23.7 Å². The van der Waals surface area contributed by atoms with Crippen LogP contribution in [-0.2, 0) is 9.59 Å². The van der Waals surface area contributed by atoms with Gasteiger partial charge in [-0.05, 0) is 66.9 Å². The fourth-order valence-electron chi connectivity index (χ4n) is 2.89. The van der Waals surface area contributed by atoms with Gasteiger partial charge in [0.15, 0.2) is 13.2 Å². The summed E-state index contributed by atoms with van der Waals surface area (Å²) < 4.78 is 11.1. The number of hydrogen-bond donors (Lipinski definition) is 2. The fourth-order valence-corrected chi connectivity index (χ4v) is 2.89. The van der Waals surface area contributed by atoms with Crippen molar-refractivity contribution < 1.29 is 19.1 Å². The molecule has 0 heterocycles. The zero-order valence-corrected chi connectivity index (χ0v) is 18.0. The average molecular weight is 431 g/mol. The zero-order valence-electron chi connectivity index (χ0n) is 18.0. The minimum Gasteiger partial charge on any atom is -0.484 e. The number of nitrogens with zero attached hydrogens (tertiary/aromatic N) is 1. The number of hydrogen-bond acceptors (Lipinski definition) is 5. The average Bonchev–Trinajstić information content (AvgIpc) is 2.79. The predicted molar refractivity (Wildman–Crippen MR) is 124 cm³/mol. The number of aryl methyl sites for hydroxylation is 2. The largest absolute Gasteiger partial charge is 0.484 e. The summed E-state index contributed by atoms with van der Waals surface area (Å²) in [6.45, 7) is 3.64. The van der Waals surface area contributed by atoms with Crippen molar-refractivity contribution in [1.29, 1.82) is 0 Å². The molecule has 0 aliphatic heterocycles. The van der Waals surface area contributed by atoms with Crippen LogP contribution in [0.2, 0.25) is 0 Å². The van der Waals surface area contributed by atoms with Crippen molar-refractivity contribution in [2.45, 2.75) is 13.8 Å². The first-order valence-corrected chi connectivity index (χ1v) is 10.1. The van der Waals surface area contributed by atoms with Crippen molar-refractivity contribution in [2.75, 3.05) is 18.5 Å². The van der Waals surface area contributed by atoms with Gasteiger partial charge >= 0.3 is 0 Å². The summed E-state index contributed by atoms with van der Waals surface area (Å²) in [7, 11) is 0. The SMILES string of the molecule is Cc1cccc(C)c1OCC(=O)NN=Cc1ccc(OCC(=O)Nc2ccccc2)cc1. The lowest BCUT2D eigenvalue weighted by atomic mass is 10.1. The van der Waals surface area contributed by atoms with E-state index < -0.39 is 0 Å². The summed E-state index contributed by atoms with van der Waals surface area (Å²) in [5, 5.41) is 6.69. The molecule has 2 N–H and O–H groups in total. The van der Waals surface area contributed by atoms with Gasteiger partial charge in [-0.1, -0.05) is 36.4 Å². The van der Waals surface area contributed by atoms with Crippen LogP contribution in [-0.4, -0.2) is 31.2 Å². The molecule has 0 bridgehead atoms. The zero-order chi connectivity index (χ0) is 22.8. The van der Waals surface area contributed by atoms with Crippen molar-refractivity contribution in [2.24, 2.45) is 5.10 Å². The second kappa shape index (κ2) is 11.3. The van der Waals surface area contributed by atoms with E-state index in [1.807, 2.05) is 50.2 Å². The molecule has 164 valence electrons. The van der Waals surface area contributed by atoms with Crippen molar-refractivity contribution in [3.8, 4) is 11.5 Å². The summed E-state index contributed by atoms with van der Waals surface area (Å²) in [6.07, 6.45) is 1.52. The van der Waals surface area contributed by atoms with Gasteiger partial charge in [-0.15, -0.1) is 0 Å². The van der Waals surface area contributed by atoms with E-state index in [-0.39, 0.29) is 25.0 Å². The van der Waals surface area contributed by atoms with Gasteiger partial charge in [0.2, 0.25) is 0 Å². The van der Waals surface area contributed by atoms with Gasteiger partial charge in [-0.2, -0.15) is 5.10 Å². The molecule has 0 fully saturated rings. The number of ether oxygens (including phenoxy) is 2. The van der Waals surface area contributed by atoms with Crippen LogP contribution >= 0.6 is 0 Å². The Balaban J connectivity index is 1.40. The number of rotatable bonds is 9. The number of amides is 2. The molecule has 0 atom stereocenters. The molecule has 0 aliphatic rings. The van der Waals surface area contributed by atoms with E-state index in [4.69, 9.17) is 9.47 Å². The quantitative estimate of drug-likeness (QED) is 0.398. The van der Waals surface area contributed by atoms with E-state index in [0.717, 1.165) is 16.7 Å². The Morgan fingerprint density at radius 1 is 0.812 bits per heavy atom. The lowest BCUT2D eigenvalue weighted by Gasteiger charge is -2.10. The second-order valence-electron chi connectivity index (χ2n) is 7.07. The third kappa shape index (κ3) is 6.98. The second-order valence-corrected chi connectivity index (χ2v) is 7.07. The molecule has 3 aromatic rings. The van der Waals surface area contributed by atoms with Crippen LogP contribution in [0.1, 0.15) is 16.7 Å². The molecule has 0 saturated carbocycles. The standard InChI is InChI=1S/C25H25N3O4/c1-18-7-6-8-19(2)25(18)32-17-24(30)28-26-15-20-11-13-22(14-12-20)31-16-23(29)27-21-9-4-3-5-10-21/h3-15H,16-17H2,1-2H3,(H,27,29)(H,28,30). The minimum absolute atomic E-state index is 0.0985. The molecule has 0 saturated heterocycles. The molecule has 0 spiro atoms. The third-order valence-electron chi connectivity index (χ3n) is 4.47. The van der Waals surface area contributed by atoms with E-state index >= 15 is 0 Å². The first-order valence-electron chi connectivity index (χ1n) is 10.1. The van der Waals surface area contributed by atoms with Crippen LogP contribution in [0.25, 0.3) is 0 Å². The van der Waals surface area contributed by atoms with Crippen LogP contribution in [0.5, 0.6) is 11.5 Å². The third-order valence-corrected chi connectivity index (χ3v) is 4.47. The molecule has 3 aromatic carbocycles. The minimum atomic E-state index is -0.353. The van der Waals surface area contributed by atoms with Gasteiger partial charge in [0.25, 0.3) is 11.8 Å². The van der Waals surface area contributed by atoms with Gasteiger partial charge in [-0.3, -0.25) is 9.59 Å². The normalized spacial score (nSPS) is 10.6. The highest BCUT2D eigenvalue weighted by molar-refractivity contribution is 5.91. The maximum Gasteiger partial charge on any atom is 0.277 e. The Morgan fingerprint density at radius 3 is 2.16 bits per heavy atom. The molecule has 2 amide bonds. The van der Waals surface area contributed by atoms with Gasteiger partial charge < -0.3 is 14.8 Å². The number of carbonyl (C=O) groups is 2. The molecule has 7 heteroatoms. The van der Waals surface area contributed by atoms with E-state index in [1.165, 1.54) is 6.21 Å². The number of anilines is 1. The van der Waals surface area contributed by atoms with Gasteiger partial charge in [-0.25, -0.2) is 5.43 Å². The summed E-state index contributed by atoms with van der Waals surface area (Å²) in [6, 6.07) is 22.0. The maximum absolute atomic E-state index is 12.0. The van der Waals surface area contributed by atoms with Crippen LogP contribution in [0, 0.1) is 13.8 Å². The molecule has 3 rings (SSSR count). The van der Waals surface area contributed by atoms with Gasteiger partial charge in [0.05, 0.1) is 6.21 Å². The maximum atomic E-state index is 12.0. The molecule has 0 aliphatic carbocycles. The smallest absolute Gasteiger partial charge is 0.277 e. The van der Waals surface area contributed by atoms with E-state index in [9.17, 15) is 9.59 Å². The van der Waals surface area contributed by atoms with Gasteiger partial charge in [0, 0.05) is 5.69 Å². The fraction of sp³-hybridized carbons (Fsp3) is 0.160. The number of nitrogens with one attached hydrogen (secondary N) is 2. The molecule has 0 unspecified atom stereocenters. The van der Waals surface area contributed by atoms with Crippen LogP contribution in [0.4, 0.5) is 5.69 Å². The highest BCUT2D eigenvalue weighted by Gasteiger charge is 2.07. The Morgan fingerprint density at radius 2 is 1.47 bits per heavy atom. The van der Waals surface area contributed by atoms with Crippen LogP contribution < -0.4 is 20.2 Å². The van der Waals surface area contributed by atoms with Crippen molar-refractivity contribution in [1.82, 2.24) is 5.43 Å². The number of hydrazone groups is 1. The lowest BCUT2D eigenvalue weighted by molar-refractivity contribution is -0.123. The van der Waals surface area contributed by atoms with E-state index in [2.05, 4.69) is 15.8 Å². The molecular formula is C25H25N3O4. The number of para-hydroxylation sites is 2. The van der Waals surface area contributed by atoms with Crippen molar-refractivity contribution in [3.05, 3.63) is 89.5 Å². The topological polar surface area (TPSA) is 89.0 Å². The molecule has 0 radical (unpaired) electrons. The first kappa shape index (κ1) is 22.6. The summed E-state index contributed by atoms with van der Waals surface area (Å²) in [5.74, 6) is 0.664. The van der Waals surface area contributed by atoms with Crippen LogP contribution in [0.15, 0.2) is 77.9 Å². The Kier molecular flexibility index (Phi) is 7.97. The lowest BCUT2D eigenvalue weighted by Crippen LogP contribution is -2.25.